The summed E-state index contributed by atoms with van der Waals surface area (Å²) in [6.07, 6.45) is 0. The molecular weight excluding hydrogens is 252 g/mol. The highest BCUT2D eigenvalue weighted by molar-refractivity contribution is 7.86. The van der Waals surface area contributed by atoms with Crippen molar-refractivity contribution in [2.24, 2.45) is 0 Å². The Morgan fingerprint density at radius 3 is 1.88 bits per heavy atom. The second-order valence-electron chi connectivity index (χ2n) is 3.25. The molecule has 8 heteroatoms. The van der Waals surface area contributed by atoms with Crippen LogP contribution in [0.5, 0.6) is 0 Å². The van der Waals surface area contributed by atoms with Gasteiger partial charge < -0.3 is 10.2 Å². The first-order valence-corrected chi connectivity index (χ1v) is 5.67. The molecule has 3 N–H and O–H groups in total. The van der Waals surface area contributed by atoms with Crippen molar-refractivity contribution in [2.75, 3.05) is 0 Å². The summed E-state index contributed by atoms with van der Waals surface area (Å²) in [6, 6.07) is 1.51. The molecule has 0 aliphatic carbocycles. The summed E-state index contributed by atoms with van der Waals surface area (Å²) in [6.45, 7) is 1.32. The average Bonchev–Trinajstić information content (AvgIpc) is 2.14. The van der Waals surface area contributed by atoms with Crippen LogP contribution >= 0.6 is 0 Å². The molecule has 0 saturated heterocycles. The third kappa shape index (κ3) is 2.60. The maximum atomic E-state index is 10.9. The van der Waals surface area contributed by atoms with Gasteiger partial charge in [-0.25, -0.2) is 9.59 Å². The minimum Gasteiger partial charge on any atom is -0.478 e. The quantitative estimate of drug-likeness (QED) is 0.680. The number of carboxylic acid groups (broad SMARTS) is 2. The van der Waals surface area contributed by atoms with Gasteiger partial charge in [0.1, 0.15) is 4.90 Å². The Morgan fingerprint density at radius 1 is 1.06 bits per heavy atom. The van der Waals surface area contributed by atoms with Gasteiger partial charge in [0.05, 0.1) is 11.1 Å². The molecule has 7 nitrogen and oxygen atoms in total. The molecule has 1 rings (SSSR count). The fourth-order valence-electron chi connectivity index (χ4n) is 1.30. The fourth-order valence-corrected chi connectivity index (χ4v) is 1.99. The van der Waals surface area contributed by atoms with Crippen LogP contribution in [0.15, 0.2) is 17.0 Å². The highest BCUT2D eigenvalue weighted by Crippen LogP contribution is 2.21. The molecule has 0 amide bonds. The molecule has 1 aromatic rings. The Hall–Kier alpha value is -1.93. The summed E-state index contributed by atoms with van der Waals surface area (Å²) in [4.78, 5) is 20.6. The van der Waals surface area contributed by atoms with E-state index in [9.17, 15) is 18.0 Å². The first-order chi connectivity index (χ1) is 7.64. The van der Waals surface area contributed by atoms with Crippen LogP contribution in [-0.4, -0.2) is 35.1 Å². The molecular formula is C9H8O7S. The van der Waals surface area contributed by atoms with Crippen molar-refractivity contribution in [2.45, 2.75) is 11.8 Å². The number of aryl methyl sites for hydroxylation is 1. The van der Waals surface area contributed by atoms with Crippen molar-refractivity contribution in [1.82, 2.24) is 0 Å². The lowest BCUT2D eigenvalue weighted by Crippen LogP contribution is -2.12. The van der Waals surface area contributed by atoms with E-state index < -0.39 is 32.5 Å². The van der Waals surface area contributed by atoms with Crippen LogP contribution in [0.3, 0.4) is 0 Å². The van der Waals surface area contributed by atoms with Crippen LogP contribution in [0.25, 0.3) is 0 Å². The van der Waals surface area contributed by atoms with Gasteiger partial charge in [-0.05, 0) is 24.6 Å². The molecule has 0 aromatic heterocycles. The lowest BCUT2D eigenvalue weighted by Gasteiger charge is -2.07. The summed E-state index contributed by atoms with van der Waals surface area (Å²) < 4.78 is 30.7. The standard InChI is InChI=1S/C9H8O7S/c1-4-2-6(9(12)13)7(17(14,15)16)3-5(4)8(10)11/h2-3H,1H3,(H,10,11)(H,12,13)(H,14,15,16). The Morgan fingerprint density at radius 2 is 1.53 bits per heavy atom. The van der Waals surface area contributed by atoms with Gasteiger partial charge >= 0.3 is 11.9 Å². The minimum atomic E-state index is -4.80. The fraction of sp³-hybridized carbons (Fsp3) is 0.111. The van der Waals surface area contributed by atoms with Crippen LogP contribution in [0, 0.1) is 6.92 Å². The van der Waals surface area contributed by atoms with E-state index in [4.69, 9.17) is 14.8 Å². The Labute approximate surface area is 96.1 Å². The van der Waals surface area contributed by atoms with Crippen LogP contribution in [0.4, 0.5) is 0 Å². The zero-order valence-corrected chi connectivity index (χ0v) is 9.35. The number of carbonyl (C=O) groups is 2. The molecule has 92 valence electrons. The van der Waals surface area contributed by atoms with Crippen LogP contribution in [-0.2, 0) is 10.1 Å². The highest BCUT2D eigenvalue weighted by Gasteiger charge is 2.23. The van der Waals surface area contributed by atoms with E-state index in [2.05, 4.69) is 0 Å². The zero-order valence-electron chi connectivity index (χ0n) is 8.54. The lowest BCUT2D eigenvalue weighted by atomic mass is 10.1. The van der Waals surface area contributed by atoms with Crippen molar-refractivity contribution in [3.8, 4) is 0 Å². The predicted molar refractivity (Wildman–Crippen MR) is 54.9 cm³/mol. The van der Waals surface area contributed by atoms with E-state index in [1.54, 1.807) is 0 Å². The maximum Gasteiger partial charge on any atom is 0.337 e. The molecule has 0 heterocycles. The van der Waals surface area contributed by atoms with Crippen LogP contribution in [0.2, 0.25) is 0 Å². The van der Waals surface area contributed by atoms with E-state index in [0.29, 0.717) is 6.07 Å². The van der Waals surface area contributed by atoms with E-state index >= 15 is 0 Å². The number of hydrogen-bond acceptors (Lipinski definition) is 4. The normalized spacial score (nSPS) is 11.2. The van der Waals surface area contributed by atoms with Crippen molar-refractivity contribution in [1.29, 1.82) is 0 Å². The van der Waals surface area contributed by atoms with Crippen molar-refractivity contribution in [3.63, 3.8) is 0 Å². The molecule has 1 aromatic carbocycles. The second kappa shape index (κ2) is 4.15. The molecule has 0 saturated carbocycles. The summed E-state index contributed by atoms with van der Waals surface area (Å²) in [5.74, 6) is -2.98. The van der Waals surface area contributed by atoms with Crippen molar-refractivity contribution >= 4 is 22.1 Å². The monoisotopic (exact) mass is 260 g/mol. The molecule has 0 spiro atoms. The van der Waals surface area contributed by atoms with Gasteiger partial charge in [-0.3, -0.25) is 4.55 Å². The van der Waals surface area contributed by atoms with Gasteiger partial charge in [-0.15, -0.1) is 0 Å². The largest absolute Gasteiger partial charge is 0.478 e. The van der Waals surface area contributed by atoms with E-state index in [1.165, 1.54) is 6.92 Å². The predicted octanol–water partition coefficient (Wildman–Crippen LogP) is 0.638. The molecule has 0 fully saturated rings. The van der Waals surface area contributed by atoms with Crippen molar-refractivity contribution < 1.29 is 32.8 Å². The maximum absolute atomic E-state index is 10.9. The molecule has 0 aliphatic heterocycles. The van der Waals surface area contributed by atoms with Gasteiger partial charge in [0.2, 0.25) is 0 Å². The van der Waals surface area contributed by atoms with E-state index in [0.717, 1.165) is 6.07 Å². The lowest BCUT2D eigenvalue weighted by molar-refractivity contribution is 0.0677. The van der Waals surface area contributed by atoms with Gasteiger partial charge in [0.25, 0.3) is 10.1 Å². The minimum absolute atomic E-state index is 0.0855. The Balaban J connectivity index is 3.72. The molecule has 17 heavy (non-hydrogen) atoms. The highest BCUT2D eigenvalue weighted by atomic mass is 32.2. The SMILES string of the molecule is Cc1cc(C(=O)O)c(S(=O)(=O)O)cc1C(=O)O. The zero-order chi connectivity index (χ0) is 13.4. The molecule has 0 aliphatic rings. The van der Waals surface area contributed by atoms with Gasteiger partial charge in [0.15, 0.2) is 0 Å². The van der Waals surface area contributed by atoms with Gasteiger partial charge in [-0.1, -0.05) is 0 Å². The topological polar surface area (TPSA) is 129 Å². The molecule has 0 radical (unpaired) electrons. The summed E-state index contributed by atoms with van der Waals surface area (Å²) in [5, 5.41) is 17.5. The first kappa shape index (κ1) is 13.1. The van der Waals surface area contributed by atoms with Crippen LogP contribution < -0.4 is 0 Å². The van der Waals surface area contributed by atoms with Gasteiger partial charge in [0, 0.05) is 0 Å². The summed E-state index contributed by atoms with van der Waals surface area (Å²) >= 11 is 0. The molecule has 0 unspecified atom stereocenters. The number of benzene rings is 1. The van der Waals surface area contributed by atoms with E-state index in [-0.39, 0.29) is 11.1 Å². The Bertz CT molecular complexity index is 600. The third-order valence-electron chi connectivity index (χ3n) is 2.07. The van der Waals surface area contributed by atoms with Gasteiger partial charge in [-0.2, -0.15) is 8.42 Å². The van der Waals surface area contributed by atoms with Crippen LogP contribution in [0.1, 0.15) is 26.3 Å². The van der Waals surface area contributed by atoms with Crippen molar-refractivity contribution in [3.05, 3.63) is 28.8 Å². The van der Waals surface area contributed by atoms with E-state index in [1.807, 2.05) is 0 Å². The number of carboxylic acids is 2. The third-order valence-corrected chi connectivity index (χ3v) is 2.96. The second-order valence-corrected chi connectivity index (χ2v) is 4.64. The summed E-state index contributed by atoms with van der Waals surface area (Å²) in [7, 11) is -4.80. The smallest absolute Gasteiger partial charge is 0.337 e. The number of aromatic carboxylic acids is 2. The number of rotatable bonds is 3. The molecule has 0 bridgehead atoms. The average molecular weight is 260 g/mol. The number of hydrogen-bond donors (Lipinski definition) is 3. The Kier molecular flexibility index (Phi) is 3.21. The molecule has 0 atom stereocenters. The summed E-state index contributed by atoms with van der Waals surface area (Å²) in [5.41, 5.74) is -0.972. The first-order valence-electron chi connectivity index (χ1n) is 4.23.